The topological polar surface area (TPSA) is 91.5 Å². The molecule has 1 aromatic rings. The molecular weight excluding hydrogens is 208 g/mol. The van der Waals surface area contributed by atoms with Crippen LogP contribution in [-0.2, 0) is 0 Å². The average Bonchev–Trinajstić information content (AvgIpc) is 2.36. The lowest BCUT2D eigenvalue weighted by molar-refractivity contribution is 0.0676. The minimum absolute atomic E-state index is 0.0862. The second-order valence-corrected chi connectivity index (χ2v) is 3.50. The van der Waals surface area contributed by atoms with Gasteiger partial charge in [0.1, 0.15) is 11.5 Å². The highest BCUT2D eigenvalue weighted by atomic mass is 16.3. The third-order valence-corrected chi connectivity index (χ3v) is 2.36. The number of nitrogens with zero attached hydrogens (tertiary/aromatic N) is 2. The van der Waals surface area contributed by atoms with Crippen LogP contribution in [-0.4, -0.2) is 40.6 Å². The molecule has 88 valence electrons. The number of hydrogen-bond acceptors (Lipinski definition) is 5. The van der Waals surface area contributed by atoms with E-state index < -0.39 is 0 Å². The van der Waals surface area contributed by atoms with Crippen LogP contribution in [0.1, 0.15) is 17.4 Å². The first-order chi connectivity index (χ1) is 7.60. The Balaban J connectivity index is 2.87. The van der Waals surface area contributed by atoms with Gasteiger partial charge < -0.3 is 15.4 Å². The molecule has 1 rings (SSSR count). The molecule has 6 heteroatoms. The van der Waals surface area contributed by atoms with E-state index in [1.165, 1.54) is 4.90 Å². The fraction of sp³-hybridized carbons (Fsp3) is 0.400. The second-order valence-electron chi connectivity index (χ2n) is 3.50. The highest BCUT2D eigenvalue weighted by Crippen LogP contribution is 2.07. The van der Waals surface area contributed by atoms with E-state index in [9.17, 15) is 4.79 Å². The van der Waals surface area contributed by atoms with Crippen LogP contribution in [0.25, 0.3) is 0 Å². The SMILES string of the molecule is CC(CO)N(C)C(=O)c1cccc(NN)n1. The van der Waals surface area contributed by atoms with E-state index in [0.717, 1.165) is 0 Å². The molecule has 0 aromatic carbocycles. The molecule has 0 saturated heterocycles. The average molecular weight is 224 g/mol. The third kappa shape index (κ3) is 2.68. The highest BCUT2D eigenvalue weighted by molar-refractivity contribution is 5.92. The molecule has 16 heavy (non-hydrogen) atoms. The lowest BCUT2D eigenvalue weighted by atomic mass is 10.2. The molecule has 0 radical (unpaired) electrons. The first-order valence-corrected chi connectivity index (χ1v) is 4.91. The van der Waals surface area contributed by atoms with Crippen molar-refractivity contribution in [2.75, 3.05) is 19.1 Å². The number of hydrazine groups is 1. The van der Waals surface area contributed by atoms with Crippen LogP contribution in [0.15, 0.2) is 18.2 Å². The molecule has 0 bridgehead atoms. The number of nitrogen functional groups attached to an aromatic ring is 1. The summed E-state index contributed by atoms with van der Waals surface area (Å²) < 4.78 is 0. The van der Waals surface area contributed by atoms with Gasteiger partial charge in [-0.15, -0.1) is 0 Å². The van der Waals surface area contributed by atoms with E-state index >= 15 is 0 Å². The van der Waals surface area contributed by atoms with Crippen molar-refractivity contribution in [3.05, 3.63) is 23.9 Å². The van der Waals surface area contributed by atoms with Crippen molar-refractivity contribution in [1.29, 1.82) is 0 Å². The first kappa shape index (κ1) is 12.4. The van der Waals surface area contributed by atoms with Gasteiger partial charge in [-0.25, -0.2) is 10.8 Å². The van der Waals surface area contributed by atoms with Gasteiger partial charge in [-0.3, -0.25) is 4.79 Å². The Hall–Kier alpha value is -1.66. The zero-order valence-electron chi connectivity index (χ0n) is 9.34. The first-order valence-electron chi connectivity index (χ1n) is 4.91. The van der Waals surface area contributed by atoms with E-state index in [-0.39, 0.29) is 18.6 Å². The number of carbonyl (C=O) groups excluding carboxylic acids is 1. The Morgan fingerprint density at radius 1 is 1.69 bits per heavy atom. The molecule has 0 fully saturated rings. The van der Waals surface area contributed by atoms with Crippen LogP contribution in [0.4, 0.5) is 5.82 Å². The highest BCUT2D eigenvalue weighted by Gasteiger charge is 2.17. The lowest BCUT2D eigenvalue weighted by Crippen LogP contribution is -2.37. The number of pyridine rings is 1. The molecule has 6 nitrogen and oxygen atoms in total. The van der Waals surface area contributed by atoms with Crippen molar-refractivity contribution in [2.24, 2.45) is 5.84 Å². The van der Waals surface area contributed by atoms with Gasteiger partial charge in [0, 0.05) is 7.05 Å². The van der Waals surface area contributed by atoms with Gasteiger partial charge in [0.25, 0.3) is 5.91 Å². The number of amides is 1. The third-order valence-electron chi connectivity index (χ3n) is 2.36. The van der Waals surface area contributed by atoms with E-state index in [1.807, 2.05) is 0 Å². The van der Waals surface area contributed by atoms with Gasteiger partial charge in [0.05, 0.1) is 12.6 Å². The molecule has 1 heterocycles. The Bertz CT molecular complexity index is 370. The van der Waals surface area contributed by atoms with Crippen molar-refractivity contribution in [2.45, 2.75) is 13.0 Å². The van der Waals surface area contributed by atoms with Crippen LogP contribution in [0.2, 0.25) is 0 Å². The standard InChI is InChI=1S/C10H16N4O2/c1-7(6-15)14(2)10(16)8-4-3-5-9(12-8)13-11/h3-5,7,15H,6,11H2,1-2H3,(H,12,13). The minimum atomic E-state index is -0.251. The van der Waals surface area contributed by atoms with Crippen molar-refractivity contribution in [3.63, 3.8) is 0 Å². The van der Waals surface area contributed by atoms with E-state index in [1.54, 1.807) is 32.2 Å². The molecular formula is C10H16N4O2. The van der Waals surface area contributed by atoms with Gasteiger partial charge in [-0.05, 0) is 19.1 Å². The number of aliphatic hydroxyl groups excluding tert-OH is 1. The summed E-state index contributed by atoms with van der Waals surface area (Å²) in [5.74, 6) is 5.38. The van der Waals surface area contributed by atoms with Gasteiger partial charge in [0.2, 0.25) is 0 Å². The van der Waals surface area contributed by atoms with E-state index in [0.29, 0.717) is 11.5 Å². The van der Waals surface area contributed by atoms with Crippen LogP contribution in [0, 0.1) is 0 Å². The monoisotopic (exact) mass is 224 g/mol. The van der Waals surface area contributed by atoms with Crippen molar-refractivity contribution in [3.8, 4) is 0 Å². The number of likely N-dealkylation sites (N-methyl/N-ethyl adjacent to an activating group) is 1. The second kappa shape index (κ2) is 5.43. The Morgan fingerprint density at radius 3 is 2.94 bits per heavy atom. The summed E-state index contributed by atoms with van der Waals surface area (Å²) in [5, 5.41) is 8.96. The van der Waals surface area contributed by atoms with Gasteiger partial charge in [0.15, 0.2) is 0 Å². The smallest absolute Gasteiger partial charge is 0.272 e. The molecule has 1 atom stereocenters. The van der Waals surface area contributed by atoms with Crippen LogP contribution in [0.3, 0.4) is 0 Å². The van der Waals surface area contributed by atoms with Crippen LogP contribution in [0.5, 0.6) is 0 Å². The number of carbonyl (C=O) groups is 1. The van der Waals surface area contributed by atoms with Crippen LogP contribution < -0.4 is 11.3 Å². The van der Waals surface area contributed by atoms with Crippen LogP contribution >= 0.6 is 0 Å². The molecule has 0 aliphatic heterocycles. The number of aliphatic hydroxyl groups is 1. The molecule has 4 N–H and O–H groups in total. The zero-order valence-corrected chi connectivity index (χ0v) is 9.34. The Labute approximate surface area is 94.1 Å². The zero-order chi connectivity index (χ0) is 12.1. The van der Waals surface area contributed by atoms with Gasteiger partial charge >= 0.3 is 0 Å². The van der Waals surface area contributed by atoms with Gasteiger partial charge in [-0.2, -0.15) is 0 Å². The Kier molecular flexibility index (Phi) is 4.21. The minimum Gasteiger partial charge on any atom is -0.394 e. The number of nitrogens with one attached hydrogen (secondary N) is 1. The predicted octanol–water partition coefficient (Wildman–Crippen LogP) is -0.180. The maximum Gasteiger partial charge on any atom is 0.272 e. The molecule has 1 aromatic heterocycles. The fourth-order valence-corrected chi connectivity index (χ4v) is 1.14. The van der Waals surface area contributed by atoms with Crippen molar-refractivity contribution >= 4 is 11.7 Å². The van der Waals surface area contributed by atoms with Crippen molar-refractivity contribution < 1.29 is 9.90 Å². The molecule has 1 amide bonds. The Morgan fingerprint density at radius 2 is 2.38 bits per heavy atom. The maximum absolute atomic E-state index is 11.9. The van der Waals surface area contributed by atoms with Crippen molar-refractivity contribution in [1.82, 2.24) is 9.88 Å². The predicted molar refractivity (Wildman–Crippen MR) is 60.7 cm³/mol. The molecule has 0 spiro atoms. The summed E-state index contributed by atoms with van der Waals surface area (Å²) in [7, 11) is 1.62. The summed E-state index contributed by atoms with van der Waals surface area (Å²) in [6.45, 7) is 1.67. The molecule has 1 unspecified atom stereocenters. The largest absolute Gasteiger partial charge is 0.394 e. The summed E-state index contributed by atoms with van der Waals surface area (Å²) in [5.41, 5.74) is 2.66. The molecule has 0 aliphatic rings. The number of nitrogens with two attached hydrogens (primary N) is 1. The quantitative estimate of drug-likeness (QED) is 0.487. The normalized spacial score (nSPS) is 12.0. The molecule has 0 saturated carbocycles. The summed E-state index contributed by atoms with van der Waals surface area (Å²) in [6, 6.07) is 4.70. The number of rotatable bonds is 4. The van der Waals surface area contributed by atoms with E-state index in [4.69, 9.17) is 10.9 Å². The van der Waals surface area contributed by atoms with Gasteiger partial charge in [-0.1, -0.05) is 6.07 Å². The summed E-state index contributed by atoms with van der Waals surface area (Å²) >= 11 is 0. The number of anilines is 1. The summed E-state index contributed by atoms with van der Waals surface area (Å²) in [4.78, 5) is 17.4. The lowest BCUT2D eigenvalue weighted by Gasteiger charge is -2.22. The fourth-order valence-electron chi connectivity index (χ4n) is 1.14. The summed E-state index contributed by atoms with van der Waals surface area (Å²) in [6.07, 6.45) is 0. The van der Waals surface area contributed by atoms with E-state index in [2.05, 4.69) is 10.4 Å². The number of aromatic nitrogens is 1. The number of hydrogen-bond donors (Lipinski definition) is 3. The molecule has 0 aliphatic carbocycles. The maximum atomic E-state index is 11.9.